The molecule has 0 spiro atoms. The average Bonchev–Trinajstić information content (AvgIpc) is 3.15. The number of ether oxygens (including phenoxy) is 1. The van der Waals surface area contributed by atoms with Crippen molar-refractivity contribution < 1.29 is 51.2 Å². The van der Waals surface area contributed by atoms with Gasteiger partial charge in [0.25, 0.3) is 5.56 Å². The summed E-state index contributed by atoms with van der Waals surface area (Å²) in [6.45, 7) is -0.580. The van der Waals surface area contributed by atoms with Gasteiger partial charge in [0.05, 0.1) is 19.0 Å². The van der Waals surface area contributed by atoms with Crippen LogP contribution in [0.3, 0.4) is 0 Å². The van der Waals surface area contributed by atoms with Gasteiger partial charge in [0.1, 0.15) is 6.23 Å². The van der Waals surface area contributed by atoms with E-state index in [4.69, 9.17) is 25.2 Å². The molecule has 171 valence electrons. The van der Waals surface area contributed by atoms with Gasteiger partial charge in [0, 0.05) is 56.6 Å². The van der Waals surface area contributed by atoms with E-state index in [0.29, 0.717) is 12.8 Å². The van der Waals surface area contributed by atoms with Gasteiger partial charge in [0.15, 0.2) is 11.2 Å². The summed E-state index contributed by atoms with van der Waals surface area (Å²) in [7, 11) is -16.3. The van der Waals surface area contributed by atoms with Crippen LogP contribution in [0.5, 0.6) is 0 Å². The molecule has 0 amide bonds. The number of nitrogens with zero attached hydrogens (tertiary/aromatic N) is 3. The minimum absolute atomic E-state index is 0. The van der Waals surface area contributed by atoms with Crippen molar-refractivity contribution in [3.8, 4) is 0 Å². The molecule has 1 aliphatic rings. The Hall–Kier alpha value is 0.312. The fourth-order valence-corrected chi connectivity index (χ4v) is 5.70. The Labute approximate surface area is 221 Å². The van der Waals surface area contributed by atoms with Gasteiger partial charge in [-0.3, -0.25) is 18.9 Å². The first-order valence-corrected chi connectivity index (χ1v) is 12.4. The van der Waals surface area contributed by atoms with Crippen molar-refractivity contribution in [2.75, 3.05) is 12.3 Å². The predicted molar refractivity (Wildman–Crippen MR) is 113 cm³/mol. The van der Waals surface area contributed by atoms with E-state index in [9.17, 15) is 23.4 Å². The Morgan fingerprint density at radius 2 is 1.76 bits per heavy atom. The zero-order valence-corrected chi connectivity index (χ0v) is 20.4. The molecule has 0 aromatic carbocycles. The number of hydrogen-bond donors (Lipinski definition) is 6. The number of imidazole rings is 1. The van der Waals surface area contributed by atoms with Crippen molar-refractivity contribution in [3.05, 3.63) is 16.7 Å². The van der Waals surface area contributed by atoms with Crippen molar-refractivity contribution >= 4 is 97.2 Å². The van der Waals surface area contributed by atoms with E-state index in [1.165, 1.54) is 10.9 Å². The van der Waals surface area contributed by atoms with Gasteiger partial charge in [-0.1, -0.05) is 0 Å². The number of anilines is 1. The molecule has 4 atom stereocenters. The molecule has 7 N–H and O–H groups in total. The molecule has 3 heterocycles. The van der Waals surface area contributed by atoms with E-state index in [0.717, 1.165) is 0 Å². The van der Waals surface area contributed by atoms with Crippen molar-refractivity contribution in [2.45, 2.75) is 25.2 Å². The third-order valence-electron chi connectivity index (χ3n) is 3.69. The summed E-state index contributed by atoms with van der Waals surface area (Å²) in [4.78, 5) is 57.6. The molecule has 1 fully saturated rings. The largest absolute Gasteiger partial charge is 0.490 e. The fraction of sp³-hybridized carbons (Fsp3) is 0.500. The normalized spacial score (nSPS) is 21.8. The van der Waals surface area contributed by atoms with Crippen molar-refractivity contribution in [3.63, 3.8) is 0 Å². The van der Waals surface area contributed by atoms with E-state index < -0.39 is 48.0 Å². The Kier molecular flexibility index (Phi) is 12.6. The van der Waals surface area contributed by atoms with Gasteiger partial charge in [-0.2, -0.15) is 13.6 Å². The summed E-state index contributed by atoms with van der Waals surface area (Å²) in [5, 5.41) is 0. The number of rotatable bonds is 8. The number of phosphoric ester groups is 1. The summed E-state index contributed by atoms with van der Waals surface area (Å²) in [5.74, 6) is -0.128. The van der Waals surface area contributed by atoms with Gasteiger partial charge in [-0.05, 0) is 12.8 Å². The van der Waals surface area contributed by atoms with Gasteiger partial charge in [-0.15, -0.1) is 0 Å². The maximum atomic E-state index is 11.8. The van der Waals surface area contributed by atoms with Crippen LogP contribution < -0.4 is 11.3 Å². The quantitative estimate of drug-likeness (QED) is 0.175. The van der Waals surface area contributed by atoms with Crippen LogP contribution in [0, 0.1) is 0 Å². The standard InChI is InChI=1S/C10H16N5O12P3.3Li/c11-10-13-8-7(9(16)14-10)12-4-15(8)6-2-1-5(25-6)3-24-29(20,21)27-30(22,23)26-28(17,18)19;;;/h4-6H,1-3H2,(H,20,21)(H,22,23)(H2,17,18,19)(H3,11,13,14,16);;;/t5-,6+;;;/m0.../s1. The zero-order chi connectivity index (χ0) is 22.3. The van der Waals surface area contributed by atoms with Crippen LogP contribution in [-0.2, 0) is 31.6 Å². The Bertz CT molecular complexity index is 1160. The molecule has 2 aromatic rings. The van der Waals surface area contributed by atoms with Crippen LogP contribution >= 0.6 is 23.5 Å². The Morgan fingerprint density at radius 3 is 2.36 bits per heavy atom. The maximum Gasteiger partial charge on any atom is 0.490 e. The van der Waals surface area contributed by atoms with Crippen molar-refractivity contribution in [1.82, 2.24) is 19.5 Å². The summed E-state index contributed by atoms with van der Waals surface area (Å²) >= 11 is 0. The van der Waals surface area contributed by atoms with E-state index in [1.54, 1.807) is 0 Å². The second-order valence-electron chi connectivity index (χ2n) is 5.95. The van der Waals surface area contributed by atoms with E-state index in [1.807, 2.05) is 0 Å². The third kappa shape index (κ3) is 9.36. The van der Waals surface area contributed by atoms with Crippen LogP contribution in [0.15, 0.2) is 11.1 Å². The first kappa shape index (κ1) is 33.3. The molecular weight excluding hydrogens is 496 g/mol. The minimum atomic E-state index is -5.59. The smallest absolute Gasteiger partial charge is 0.369 e. The fourth-order valence-electron chi connectivity index (χ4n) is 2.65. The molecule has 33 heavy (non-hydrogen) atoms. The predicted octanol–water partition coefficient (Wildman–Crippen LogP) is -1.42. The molecule has 1 aliphatic heterocycles. The van der Waals surface area contributed by atoms with E-state index in [-0.39, 0.29) is 73.7 Å². The summed E-state index contributed by atoms with van der Waals surface area (Å²) < 4.78 is 52.5. The minimum Gasteiger partial charge on any atom is -0.369 e. The summed E-state index contributed by atoms with van der Waals surface area (Å²) in [6.07, 6.45) is 0.528. The van der Waals surface area contributed by atoms with Crippen molar-refractivity contribution in [1.29, 1.82) is 0 Å². The van der Waals surface area contributed by atoms with E-state index >= 15 is 0 Å². The number of fused-ring (bicyclic) bond motifs is 1. The van der Waals surface area contributed by atoms with Gasteiger partial charge < -0.3 is 30.0 Å². The number of phosphoric acid groups is 3. The second kappa shape index (κ2) is 12.5. The average molecular weight is 512 g/mol. The third-order valence-corrected chi connectivity index (χ3v) is 7.49. The van der Waals surface area contributed by atoms with Crippen LogP contribution in [0.4, 0.5) is 5.95 Å². The number of nitrogens with one attached hydrogen (secondary N) is 1. The molecule has 17 nitrogen and oxygen atoms in total. The molecule has 0 bridgehead atoms. The number of aromatic amines is 1. The second-order valence-corrected chi connectivity index (χ2v) is 10.4. The molecule has 3 radical (unpaired) electrons. The summed E-state index contributed by atoms with van der Waals surface area (Å²) in [5.41, 5.74) is 5.17. The first-order chi connectivity index (χ1) is 13.7. The monoisotopic (exact) mass is 512 g/mol. The number of nitrogen functional groups attached to an aromatic ring is 1. The van der Waals surface area contributed by atoms with E-state index in [2.05, 4.69) is 28.1 Å². The molecule has 23 heteroatoms. The molecular formula is C10H16Li3N5O12P3. The first-order valence-electron chi connectivity index (χ1n) is 7.91. The summed E-state index contributed by atoms with van der Waals surface area (Å²) in [6, 6.07) is 0. The number of H-pyrrole nitrogens is 1. The molecule has 0 aliphatic carbocycles. The maximum absolute atomic E-state index is 11.8. The Morgan fingerprint density at radius 1 is 1.12 bits per heavy atom. The molecule has 0 saturated carbocycles. The molecule has 1 saturated heterocycles. The molecule has 2 aromatic heterocycles. The topological polar surface area (TPSA) is 259 Å². The van der Waals surface area contributed by atoms with Gasteiger partial charge in [0.2, 0.25) is 5.95 Å². The number of aromatic nitrogens is 4. The molecule has 3 rings (SSSR count). The van der Waals surface area contributed by atoms with Gasteiger partial charge in [-0.25, -0.2) is 18.7 Å². The van der Waals surface area contributed by atoms with Crippen LogP contribution in [0.2, 0.25) is 0 Å². The number of nitrogens with two attached hydrogens (primary N) is 1. The SMILES string of the molecule is Nc1nc2c(ncn2[C@H]2CC[C@@H](COP(=O)(O)OP(=O)(O)OP(=O)(O)O)O2)c(=O)[nH]1.[Li].[Li].[Li]. The van der Waals surface area contributed by atoms with Crippen molar-refractivity contribution in [2.24, 2.45) is 0 Å². The van der Waals surface area contributed by atoms with Crippen LogP contribution in [0.25, 0.3) is 11.2 Å². The van der Waals surface area contributed by atoms with Crippen LogP contribution in [0.1, 0.15) is 19.1 Å². The van der Waals surface area contributed by atoms with Gasteiger partial charge >= 0.3 is 23.5 Å². The van der Waals surface area contributed by atoms with Crippen LogP contribution in [-0.4, -0.2) is 108 Å². The Balaban J connectivity index is 0.00000341. The number of hydrogen-bond acceptors (Lipinski definition) is 11. The molecule has 2 unspecified atom stereocenters. The zero-order valence-electron chi connectivity index (χ0n) is 17.7.